The minimum atomic E-state index is -3.29. The van der Waals surface area contributed by atoms with Gasteiger partial charge < -0.3 is 9.80 Å². The van der Waals surface area contributed by atoms with E-state index in [0.717, 1.165) is 31.6 Å². The van der Waals surface area contributed by atoms with Gasteiger partial charge in [-0.15, -0.1) is 0 Å². The van der Waals surface area contributed by atoms with Crippen molar-refractivity contribution in [3.8, 4) is 0 Å². The summed E-state index contributed by atoms with van der Waals surface area (Å²) in [6.07, 6.45) is 5.28. The lowest BCUT2D eigenvalue weighted by Crippen LogP contribution is -2.38. The predicted octanol–water partition coefficient (Wildman–Crippen LogP) is 1.74. The Labute approximate surface area is 161 Å². The van der Waals surface area contributed by atoms with Crippen molar-refractivity contribution in [3.05, 3.63) is 17.5 Å². The van der Waals surface area contributed by atoms with Crippen LogP contribution in [0.25, 0.3) is 0 Å². The van der Waals surface area contributed by atoms with Gasteiger partial charge in [0.05, 0.1) is 16.7 Å². The van der Waals surface area contributed by atoms with Crippen molar-refractivity contribution in [2.75, 3.05) is 31.1 Å². The summed E-state index contributed by atoms with van der Waals surface area (Å²) < 4.78 is 25.6. The number of likely N-dealkylation sites (tertiary alicyclic amines) is 1. The Morgan fingerprint density at radius 2 is 2.11 bits per heavy atom. The van der Waals surface area contributed by atoms with Gasteiger partial charge in [0.15, 0.2) is 9.84 Å². The summed E-state index contributed by atoms with van der Waals surface area (Å²) in [5, 5.41) is -0.533. The molecule has 148 valence electrons. The number of piperidine rings is 1. The SMILES string of the molecule is CCCC(=O)N1C[C@@H]2c3nc(N4CCC[C@H](C)C4)ncc3CS(=O)(=O)[C@@H]2C1. The fraction of sp³-hybridized carbons (Fsp3) is 0.737. The number of amides is 1. The Kier molecular flexibility index (Phi) is 4.86. The van der Waals surface area contributed by atoms with E-state index in [9.17, 15) is 13.2 Å². The number of anilines is 1. The van der Waals surface area contributed by atoms with Crippen LogP contribution < -0.4 is 4.90 Å². The summed E-state index contributed by atoms with van der Waals surface area (Å²) in [5.41, 5.74) is 1.54. The van der Waals surface area contributed by atoms with Crippen LogP contribution in [0.1, 0.15) is 56.7 Å². The molecule has 1 aromatic heterocycles. The molecule has 0 aliphatic carbocycles. The number of hydrogen-bond donors (Lipinski definition) is 0. The molecule has 4 heterocycles. The molecule has 8 heteroatoms. The fourth-order valence-corrected chi connectivity index (χ4v) is 6.66. The van der Waals surface area contributed by atoms with Crippen LogP contribution in [0.2, 0.25) is 0 Å². The van der Waals surface area contributed by atoms with E-state index in [1.807, 2.05) is 6.92 Å². The number of carbonyl (C=O) groups is 1. The van der Waals surface area contributed by atoms with E-state index in [1.165, 1.54) is 6.42 Å². The lowest BCUT2D eigenvalue weighted by Gasteiger charge is -2.32. The summed E-state index contributed by atoms with van der Waals surface area (Å²) in [6, 6.07) is 0. The number of rotatable bonds is 3. The topological polar surface area (TPSA) is 83.5 Å². The minimum Gasteiger partial charge on any atom is -0.341 e. The average Bonchev–Trinajstić information content (AvgIpc) is 3.08. The molecule has 3 atom stereocenters. The summed E-state index contributed by atoms with van der Waals surface area (Å²) in [5.74, 6) is 1.11. The van der Waals surface area contributed by atoms with Gasteiger partial charge in [-0.2, -0.15) is 0 Å². The molecule has 2 fully saturated rings. The Morgan fingerprint density at radius 1 is 1.30 bits per heavy atom. The molecule has 0 aromatic carbocycles. The van der Waals surface area contributed by atoms with Crippen molar-refractivity contribution < 1.29 is 13.2 Å². The minimum absolute atomic E-state index is 0.0179. The lowest BCUT2D eigenvalue weighted by molar-refractivity contribution is -0.130. The number of carbonyl (C=O) groups excluding carboxylic acids is 1. The molecule has 1 aromatic rings. The average molecular weight is 393 g/mol. The van der Waals surface area contributed by atoms with Gasteiger partial charge in [0, 0.05) is 50.3 Å². The molecule has 27 heavy (non-hydrogen) atoms. The maximum Gasteiger partial charge on any atom is 0.225 e. The normalized spacial score (nSPS) is 29.3. The van der Waals surface area contributed by atoms with E-state index in [0.29, 0.717) is 36.9 Å². The molecule has 0 saturated carbocycles. The third-order valence-electron chi connectivity index (χ3n) is 6.08. The van der Waals surface area contributed by atoms with Crippen LogP contribution in [-0.2, 0) is 20.4 Å². The standard InChI is InChI=1S/C19H28N4O3S/c1-3-5-17(24)23-10-15-16(11-23)27(25,26)12-14-8-20-19(21-18(14)15)22-7-4-6-13(2)9-22/h8,13,15-16H,3-7,9-12H2,1-2H3/t13-,15-,16+/m0/s1. The lowest BCUT2D eigenvalue weighted by atomic mass is 9.99. The van der Waals surface area contributed by atoms with Crippen molar-refractivity contribution in [2.24, 2.45) is 5.92 Å². The quantitative estimate of drug-likeness (QED) is 0.779. The van der Waals surface area contributed by atoms with E-state index in [1.54, 1.807) is 11.1 Å². The van der Waals surface area contributed by atoms with Crippen LogP contribution >= 0.6 is 0 Å². The van der Waals surface area contributed by atoms with Gasteiger partial charge in [-0.1, -0.05) is 13.8 Å². The smallest absolute Gasteiger partial charge is 0.225 e. The zero-order valence-electron chi connectivity index (χ0n) is 16.1. The van der Waals surface area contributed by atoms with Gasteiger partial charge in [-0.3, -0.25) is 4.79 Å². The monoisotopic (exact) mass is 392 g/mol. The van der Waals surface area contributed by atoms with E-state index in [2.05, 4.69) is 16.8 Å². The molecule has 0 spiro atoms. The number of nitrogens with zero attached hydrogens (tertiary/aromatic N) is 4. The zero-order chi connectivity index (χ0) is 19.2. The third-order valence-corrected chi connectivity index (χ3v) is 8.19. The first-order valence-corrected chi connectivity index (χ1v) is 11.7. The number of hydrogen-bond acceptors (Lipinski definition) is 6. The second-order valence-electron chi connectivity index (χ2n) is 8.27. The van der Waals surface area contributed by atoms with Gasteiger partial charge in [-0.25, -0.2) is 18.4 Å². The van der Waals surface area contributed by atoms with Crippen LogP contribution in [0.5, 0.6) is 0 Å². The maximum atomic E-state index is 12.8. The van der Waals surface area contributed by atoms with Crippen molar-refractivity contribution in [1.29, 1.82) is 0 Å². The molecule has 2 saturated heterocycles. The van der Waals surface area contributed by atoms with Gasteiger partial charge in [0.2, 0.25) is 11.9 Å². The predicted molar refractivity (Wildman–Crippen MR) is 103 cm³/mol. The van der Waals surface area contributed by atoms with Crippen LogP contribution in [0.3, 0.4) is 0 Å². The molecule has 0 bridgehead atoms. The summed E-state index contributed by atoms with van der Waals surface area (Å²) in [7, 11) is -3.29. The Morgan fingerprint density at radius 3 is 2.85 bits per heavy atom. The van der Waals surface area contributed by atoms with Crippen LogP contribution in [0.4, 0.5) is 5.95 Å². The highest BCUT2D eigenvalue weighted by atomic mass is 32.2. The highest BCUT2D eigenvalue weighted by Crippen LogP contribution is 2.40. The van der Waals surface area contributed by atoms with Crippen LogP contribution in [0, 0.1) is 5.92 Å². The molecular formula is C19H28N4O3S. The van der Waals surface area contributed by atoms with Crippen LogP contribution in [-0.4, -0.2) is 60.6 Å². The fourth-order valence-electron chi connectivity index (χ4n) is 4.67. The Balaban J connectivity index is 1.66. The summed E-state index contributed by atoms with van der Waals surface area (Å²) >= 11 is 0. The molecular weight excluding hydrogens is 364 g/mol. The second kappa shape index (κ2) is 7.04. The largest absolute Gasteiger partial charge is 0.341 e. The molecule has 3 aliphatic rings. The molecule has 1 amide bonds. The molecule has 0 radical (unpaired) electrons. The zero-order valence-corrected chi connectivity index (χ0v) is 16.9. The number of aromatic nitrogens is 2. The first-order valence-electron chi connectivity index (χ1n) is 9.99. The second-order valence-corrected chi connectivity index (χ2v) is 10.5. The van der Waals surface area contributed by atoms with Crippen molar-refractivity contribution in [2.45, 2.75) is 56.5 Å². The highest BCUT2D eigenvalue weighted by molar-refractivity contribution is 7.91. The molecule has 4 rings (SSSR count). The Bertz CT molecular complexity index is 841. The first-order chi connectivity index (χ1) is 12.9. The third kappa shape index (κ3) is 3.44. The molecule has 0 unspecified atom stereocenters. The maximum absolute atomic E-state index is 12.8. The van der Waals surface area contributed by atoms with Crippen molar-refractivity contribution in [3.63, 3.8) is 0 Å². The van der Waals surface area contributed by atoms with Gasteiger partial charge in [0.25, 0.3) is 0 Å². The summed E-state index contributed by atoms with van der Waals surface area (Å²) in [6.45, 7) is 6.82. The van der Waals surface area contributed by atoms with Crippen molar-refractivity contribution in [1.82, 2.24) is 14.9 Å². The number of sulfone groups is 1. The van der Waals surface area contributed by atoms with Gasteiger partial charge >= 0.3 is 0 Å². The van der Waals surface area contributed by atoms with E-state index in [-0.39, 0.29) is 17.6 Å². The van der Waals surface area contributed by atoms with Gasteiger partial charge in [0.1, 0.15) is 0 Å². The highest BCUT2D eigenvalue weighted by Gasteiger charge is 2.48. The van der Waals surface area contributed by atoms with E-state index >= 15 is 0 Å². The van der Waals surface area contributed by atoms with E-state index < -0.39 is 15.1 Å². The molecule has 3 aliphatic heterocycles. The number of fused-ring (bicyclic) bond motifs is 3. The van der Waals surface area contributed by atoms with Crippen LogP contribution in [0.15, 0.2) is 6.20 Å². The first kappa shape index (κ1) is 18.7. The molecule has 7 nitrogen and oxygen atoms in total. The van der Waals surface area contributed by atoms with Gasteiger partial charge in [-0.05, 0) is 25.2 Å². The summed E-state index contributed by atoms with van der Waals surface area (Å²) in [4.78, 5) is 25.6. The van der Waals surface area contributed by atoms with Crippen molar-refractivity contribution >= 4 is 21.7 Å². The molecule has 0 N–H and O–H groups in total. The van der Waals surface area contributed by atoms with E-state index in [4.69, 9.17) is 4.98 Å². The Hall–Kier alpha value is -1.70.